The molecule has 0 aromatic rings. The van der Waals surface area contributed by atoms with Crippen LogP contribution in [0.4, 0.5) is 4.70 Å². The second-order valence-electron chi connectivity index (χ2n) is 0.408. The Bertz CT molecular complexity index is 94.9. The molecule has 0 bridgehead atoms. The van der Waals surface area contributed by atoms with Crippen LogP contribution >= 0.6 is 0 Å². The summed E-state index contributed by atoms with van der Waals surface area (Å²) in [6.07, 6.45) is 0. The van der Waals surface area contributed by atoms with Crippen LogP contribution < -0.4 is 0 Å². The summed E-state index contributed by atoms with van der Waals surface area (Å²) in [6.45, 7) is 0. The van der Waals surface area contributed by atoms with E-state index in [4.69, 9.17) is 17.5 Å². The smallest absolute Gasteiger partial charge is 0.759 e. The van der Waals surface area contributed by atoms with Gasteiger partial charge in [0.05, 0.1) is 0 Å². The zero-order valence-corrected chi connectivity index (χ0v) is 4.51. The van der Waals surface area contributed by atoms with Gasteiger partial charge in [0.1, 0.15) is 0 Å². The molecular formula is HCuFO4S. The van der Waals surface area contributed by atoms with Gasteiger partial charge in [0, 0.05) is 10.4 Å². The third kappa shape index (κ3) is 1160. The van der Waals surface area contributed by atoms with Gasteiger partial charge in [-0.25, -0.2) is 0 Å². The molecule has 1 radical (unpaired) electrons. The Balaban J connectivity index is -0.0000000800. The SMILES string of the molecule is F.O=S(=O)([O-])[O-].[Cu+2]. The van der Waals surface area contributed by atoms with Crippen molar-refractivity contribution in [2.45, 2.75) is 0 Å². The van der Waals surface area contributed by atoms with E-state index >= 15 is 0 Å². The van der Waals surface area contributed by atoms with E-state index in [2.05, 4.69) is 0 Å². The molecule has 4 nitrogen and oxygen atoms in total. The minimum atomic E-state index is -5.17. The molecule has 0 aliphatic heterocycles. The third-order valence-corrected chi connectivity index (χ3v) is 0. The average molecular weight is 180 g/mol. The Kier molecular flexibility index (Phi) is 10.0. The van der Waals surface area contributed by atoms with Crippen LogP contribution in [0, 0.1) is 0 Å². The van der Waals surface area contributed by atoms with Crippen LogP contribution in [0.1, 0.15) is 0 Å². The molecular weight excluding hydrogens is 179 g/mol. The van der Waals surface area contributed by atoms with Crippen molar-refractivity contribution < 1.29 is 39.3 Å². The van der Waals surface area contributed by atoms with E-state index in [0.29, 0.717) is 0 Å². The van der Waals surface area contributed by atoms with Gasteiger partial charge in [-0.15, -0.1) is 0 Å². The Labute approximate surface area is 50.3 Å². The minimum absolute atomic E-state index is 0. The van der Waals surface area contributed by atoms with Crippen molar-refractivity contribution >= 4 is 10.4 Å². The molecule has 0 aliphatic carbocycles. The first-order valence-electron chi connectivity index (χ1n) is 0.667. The fourth-order valence-corrected chi connectivity index (χ4v) is 0. The zero-order chi connectivity index (χ0) is 4.50. The fourth-order valence-electron chi connectivity index (χ4n) is 0. The van der Waals surface area contributed by atoms with Gasteiger partial charge in [0.25, 0.3) is 0 Å². The molecule has 7 heteroatoms. The molecule has 0 aliphatic rings. The molecule has 0 amide bonds. The van der Waals surface area contributed by atoms with Crippen LogP contribution in [0.2, 0.25) is 0 Å². The van der Waals surface area contributed by atoms with E-state index in [1.165, 1.54) is 0 Å². The van der Waals surface area contributed by atoms with E-state index in [1.54, 1.807) is 0 Å². The van der Waals surface area contributed by atoms with Gasteiger partial charge in [-0.1, -0.05) is 0 Å². The number of rotatable bonds is 0. The molecule has 7 heavy (non-hydrogen) atoms. The predicted octanol–water partition coefficient (Wildman–Crippen LogP) is -1.19. The summed E-state index contributed by atoms with van der Waals surface area (Å²) < 4.78 is 34.1. The molecule has 0 spiro atoms. The maximum Gasteiger partial charge on any atom is 2.00 e. The first-order chi connectivity index (χ1) is 2.00. The average Bonchev–Trinajstić information content (AvgIpc) is 0.722. The van der Waals surface area contributed by atoms with E-state index in [-0.39, 0.29) is 21.8 Å². The first-order valence-corrected chi connectivity index (χ1v) is 2.00. The summed E-state index contributed by atoms with van der Waals surface area (Å²) in [7, 11) is -5.17. The van der Waals surface area contributed by atoms with Gasteiger partial charge in [0.2, 0.25) is 0 Å². The first kappa shape index (κ1) is 15.7. The molecule has 0 saturated carbocycles. The molecule has 0 saturated heterocycles. The summed E-state index contributed by atoms with van der Waals surface area (Å²) in [5, 5.41) is 0. The van der Waals surface area contributed by atoms with Gasteiger partial charge in [-0.05, 0) is 0 Å². The van der Waals surface area contributed by atoms with Crippen LogP contribution in [0.3, 0.4) is 0 Å². The summed E-state index contributed by atoms with van der Waals surface area (Å²) >= 11 is 0. The largest absolute Gasteiger partial charge is 2.00 e. The molecule has 0 atom stereocenters. The second kappa shape index (κ2) is 4.48. The fraction of sp³-hybridized carbons (Fsp3) is 0. The van der Waals surface area contributed by atoms with E-state index in [1.807, 2.05) is 0 Å². The van der Waals surface area contributed by atoms with Gasteiger partial charge >= 0.3 is 17.1 Å². The Morgan fingerprint density at radius 3 is 1.14 bits per heavy atom. The summed E-state index contributed by atoms with van der Waals surface area (Å²) in [6, 6.07) is 0. The quantitative estimate of drug-likeness (QED) is 0.266. The van der Waals surface area contributed by atoms with Gasteiger partial charge in [0.15, 0.2) is 0 Å². The van der Waals surface area contributed by atoms with Crippen molar-refractivity contribution in [1.29, 1.82) is 0 Å². The molecule has 49 valence electrons. The molecule has 0 rings (SSSR count). The molecule has 0 N–H and O–H groups in total. The monoisotopic (exact) mass is 179 g/mol. The van der Waals surface area contributed by atoms with Gasteiger partial charge in [-0.3, -0.25) is 13.1 Å². The van der Waals surface area contributed by atoms with Crippen LogP contribution in [0.25, 0.3) is 0 Å². The molecule has 0 unspecified atom stereocenters. The zero-order valence-electron chi connectivity index (χ0n) is 2.75. The summed E-state index contributed by atoms with van der Waals surface area (Å²) in [4.78, 5) is 0. The maximum atomic E-state index is 8.52. The van der Waals surface area contributed by atoms with Gasteiger partial charge in [-0.2, -0.15) is 0 Å². The molecule has 0 aromatic carbocycles. The van der Waals surface area contributed by atoms with Crippen molar-refractivity contribution in [2.24, 2.45) is 0 Å². The van der Waals surface area contributed by atoms with Crippen LogP contribution in [-0.4, -0.2) is 17.5 Å². The predicted molar refractivity (Wildman–Crippen MR) is 13.0 cm³/mol. The van der Waals surface area contributed by atoms with E-state index < -0.39 is 10.4 Å². The van der Waals surface area contributed by atoms with Crippen molar-refractivity contribution in [2.75, 3.05) is 0 Å². The maximum absolute atomic E-state index is 8.52. The van der Waals surface area contributed by atoms with Crippen LogP contribution in [-0.2, 0) is 27.5 Å². The number of hydrogen-bond acceptors (Lipinski definition) is 4. The summed E-state index contributed by atoms with van der Waals surface area (Å²) in [5.74, 6) is 0. The third-order valence-electron chi connectivity index (χ3n) is 0. The standard InChI is InChI=1S/Cu.FH.H2O4S/c;;1-5(2,3)4/h;1H;(H2,1,2,3,4)/q+2;;/p-2. The number of hydrogen-bond donors (Lipinski definition) is 0. The molecule has 0 heterocycles. The van der Waals surface area contributed by atoms with Crippen LogP contribution in [0.5, 0.6) is 0 Å². The van der Waals surface area contributed by atoms with E-state index in [0.717, 1.165) is 0 Å². The van der Waals surface area contributed by atoms with Crippen LogP contribution in [0.15, 0.2) is 0 Å². The Hall–Kier alpha value is 0.319. The molecule has 0 fully saturated rings. The minimum Gasteiger partial charge on any atom is -0.759 e. The Morgan fingerprint density at radius 1 is 1.14 bits per heavy atom. The second-order valence-corrected chi connectivity index (χ2v) is 1.22. The van der Waals surface area contributed by atoms with Crippen molar-refractivity contribution in [3.63, 3.8) is 0 Å². The van der Waals surface area contributed by atoms with Crippen molar-refractivity contribution in [1.82, 2.24) is 0 Å². The normalized spacial score (nSPS) is 8.29. The van der Waals surface area contributed by atoms with Gasteiger partial charge < -0.3 is 9.11 Å². The molecule has 0 aromatic heterocycles. The summed E-state index contributed by atoms with van der Waals surface area (Å²) in [5.41, 5.74) is 0. The van der Waals surface area contributed by atoms with Crippen molar-refractivity contribution in [3.8, 4) is 0 Å². The van der Waals surface area contributed by atoms with E-state index in [9.17, 15) is 0 Å². The Morgan fingerprint density at radius 2 is 1.14 bits per heavy atom. The topological polar surface area (TPSA) is 80.3 Å². The van der Waals surface area contributed by atoms with Crippen molar-refractivity contribution in [3.05, 3.63) is 0 Å². The number of halogens is 1.